The van der Waals surface area contributed by atoms with Crippen molar-refractivity contribution >= 4 is 11.7 Å². The molecule has 0 atom stereocenters. The topological polar surface area (TPSA) is 65.5 Å². The molecule has 1 heterocycles. The van der Waals surface area contributed by atoms with Crippen molar-refractivity contribution in [3.05, 3.63) is 23.9 Å². The normalized spacial score (nSPS) is 14.2. The second-order valence-corrected chi connectivity index (χ2v) is 4.78. The van der Waals surface area contributed by atoms with E-state index in [2.05, 4.69) is 17.2 Å². The van der Waals surface area contributed by atoms with Crippen molar-refractivity contribution < 1.29 is 9.90 Å². The fourth-order valence-electron chi connectivity index (χ4n) is 2.06. The number of aliphatic hydroxyl groups excluding tert-OH is 1. The van der Waals surface area contributed by atoms with Gasteiger partial charge in [-0.2, -0.15) is 0 Å². The Hall–Kier alpha value is -1.62. The van der Waals surface area contributed by atoms with Gasteiger partial charge in [-0.05, 0) is 31.4 Å². The minimum absolute atomic E-state index is 0.000222. The van der Waals surface area contributed by atoms with Crippen molar-refractivity contribution in [1.29, 1.82) is 0 Å². The quantitative estimate of drug-likeness (QED) is 0.782. The third-order valence-electron chi connectivity index (χ3n) is 3.17. The van der Waals surface area contributed by atoms with Crippen LogP contribution in [0.1, 0.15) is 36.5 Å². The molecular formula is C14H21N3O2. The van der Waals surface area contributed by atoms with E-state index >= 15 is 0 Å². The van der Waals surface area contributed by atoms with E-state index in [-0.39, 0.29) is 12.5 Å². The number of hydrogen-bond donors (Lipinski definition) is 2. The largest absolute Gasteiger partial charge is 0.395 e. The maximum absolute atomic E-state index is 12.5. The van der Waals surface area contributed by atoms with Gasteiger partial charge in [-0.15, -0.1) is 0 Å². The molecule has 2 N–H and O–H groups in total. The van der Waals surface area contributed by atoms with Crippen molar-refractivity contribution in [1.82, 2.24) is 9.88 Å². The van der Waals surface area contributed by atoms with Crippen LogP contribution in [0.3, 0.4) is 0 Å². The summed E-state index contributed by atoms with van der Waals surface area (Å²) in [6.07, 6.45) is 4.73. The van der Waals surface area contributed by atoms with E-state index in [9.17, 15) is 4.79 Å². The van der Waals surface area contributed by atoms with Gasteiger partial charge in [-0.3, -0.25) is 4.79 Å². The number of carbonyl (C=O) groups is 1. The van der Waals surface area contributed by atoms with Crippen LogP contribution in [0.25, 0.3) is 0 Å². The number of anilines is 1. The van der Waals surface area contributed by atoms with E-state index in [1.165, 1.54) is 0 Å². The van der Waals surface area contributed by atoms with Crippen LogP contribution in [0.4, 0.5) is 5.82 Å². The van der Waals surface area contributed by atoms with Gasteiger partial charge in [0, 0.05) is 25.3 Å². The number of pyridine rings is 1. The van der Waals surface area contributed by atoms with Gasteiger partial charge in [0.05, 0.1) is 12.2 Å². The Balaban J connectivity index is 2.16. The van der Waals surface area contributed by atoms with Gasteiger partial charge >= 0.3 is 0 Å². The monoisotopic (exact) mass is 263 g/mol. The summed E-state index contributed by atoms with van der Waals surface area (Å²) in [7, 11) is 0. The molecule has 0 radical (unpaired) electrons. The summed E-state index contributed by atoms with van der Waals surface area (Å²) in [4.78, 5) is 18.5. The Bertz CT molecular complexity index is 432. The molecule has 1 aliphatic rings. The summed E-state index contributed by atoms with van der Waals surface area (Å²) < 4.78 is 0. The molecule has 0 spiro atoms. The highest BCUT2D eigenvalue weighted by molar-refractivity contribution is 5.99. The molecule has 1 aromatic heterocycles. The lowest BCUT2D eigenvalue weighted by Crippen LogP contribution is -2.36. The highest BCUT2D eigenvalue weighted by atomic mass is 16.3. The van der Waals surface area contributed by atoms with Gasteiger partial charge < -0.3 is 15.3 Å². The Morgan fingerprint density at radius 2 is 2.37 bits per heavy atom. The van der Waals surface area contributed by atoms with Crippen LogP contribution in [-0.4, -0.2) is 46.6 Å². The Labute approximate surface area is 113 Å². The van der Waals surface area contributed by atoms with Crippen molar-refractivity contribution in [3.63, 3.8) is 0 Å². The van der Waals surface area contributed by atoms with Gasteiger partial charge in [0.25, 0.3) is 5.91 Å². The minimum Gasteiger partial charge on any atom is -0.395 e. The lowest BCUT2D eigenvalue weighted by molar-refractivity contribution is 0.0708. The van der Waals surface area contributed by atoms with Crippen LogP contribution in [0.15, 0.2) is 18.3 Å². The molecule has 1 fully saturated rings. The predicted molar refractivity (Wildman–Crippen MR) is 74.2 cm³/mol. The summed E-state index contributed by atoms with van der Waals surface area (Å²) in [5, 5.41) is 12.3. The zero-order valence-electron chi connectivity index (χ0n) is 11.3. The highest BCUT2D eigenvalue weighted by Gasteiger charge is 2.33. The lowest BCUT2D eigenvalue weighted by atomic mass is 10.2. The van der Waals surface area contributed by atoms with E-state index in [1.54, 1.807) is 23.2 Å². The molecule has 1 amide bonds. The molecule has 1 aromatic rings. The number of amides is 1. The molecule has 1 saturated carbocycles. The van der Waals surface area contributed by atoms with Crippen molar-refractivity contribution in [3.8, 4) is 0 Å². The zero-order chi connectivity index (χ0) is 13.7. The van der Waals surface area contributed by atoms with Crippen LogP contribution >= 0.6 is 0 Å². The average Bonchev–Trinajstić information content (AvgIpc) is 3.26. The van der Waals surface area contributed by atoms with E-state index in [0.717, 1.165) is 25.8 Å². The van der Waals surface area contributed by atoms with Gasteiger partial charge in [0.2, 0.25) is 0 Å². The van der Waals surface area contributed by atoms with Crippen LogP contribution in [0.2, 0.25) is 0 Å². The van der Waals surface area contributed by atoms with Gasteiger partial charge in [0.1, 0.15) is 5.82 Å². The molecule has 19 heavy (non-hydrogen) atoms. The first-order valence-corrected chi connectivity index (χ1v) is 6.88. The molecule has 5 nitrogen and oxygen atoms in total. The van der Waals surface area contributed by atoms with Crippen LogP contribution in [-0.2, 0) is 0 Å². The number of carbonyl (C=O) groups excluding carboxylic acids is 1. The van der Waals surface area contributed by atoms with Crippen LogP contribution in [0.5, 0.6) is 0 Å². The predicted octanol–water partition coefficient (Wildman–Crippen LogP) is 1.50. The van der Waals surface area contributed by atoms with Crippen molar-refractivity contribution in [2.75, 3.05) is 25.0 Å². The third-order valence-corrected chi connectivity index (χ3v) is 3.17. The molecule has 0 aromatic carbocycles. The van der Waals surface area contributed by atoms with Crippen molar-refractivity contribution in [2.24, 2.45) is 0 Å². The number of nitrogens with one attached hydrogen (secondary N) is 1. The first-order chi connectivity index (χ1) is 9.27. The fourth-order valence-corrected chi connectivity index (χ4v) is 2.06. The highest BCUT2D eigenvalue weighted by Crippen LogP contribution is 2.29. The van der Waals surface area contributed by atoms with Crippen LogP contribution < -0.4 is 5.32 Å². The molecule has 5 heteroatoms. The van der Waals surface area contributed by atoms with E-state index in [4.69, 9.17) is 5.11 Å². The third kappa shape index (κ3) is 3.44. The van der Waals surface area contributed by atoms with Crippen LogP contribution in [0, 0.1) is 0 Å². The number of aliphatic hydroxyl groups is 1. The molecule has 104 valence electrons. The second kappa shape index (κ2) is 6.52. The zero-order valence-corrected chi connectivity index (χ0v) is 11.3. The molecular weight excluding hydrogens is 242 g/mol. The molecule has 2 rings (SSSR count). The number of nitrogens with zero attached hydrogens (tertiary/aromatic N) is 2. The first-order valence-electron chi connectivity index (χ1n) is 6.88. The average molecular weight is 263 g/mol. The summed E-state index contributed by atoms with van der Waals surface area (Å²) in [6.45, 7) is 3.26. The summed E-state index contributed by atoms with van der Waals surface area (Å²) in [6, 6.07) is 3.85. The van der Waals surface area contributed by atoms with Gasteiger partial charge in [-0.1, -0.05) is 6.92 Å². The second-order valence-electron chi connectivity index (χ2n) is 4.78. The van der Waals surface area contributed by atoms with E-state index < -0.39 is 0 Å². The van der Waals surface area contributed by atoms with Crippen molar-refractivity contribution in [2.45, 2.75) is 32.2 Å². The minimum atomic E-state index is -0.0387. The summed E-state index contributed by atoms with van der Waals surface area (Å²) >= 11 is 0. The Kier molecular flexibility index (Phi) is 4.74. The number of hydrogen-bond acceptors (Lipinski definition) is 4. The fraction of sp³-hybridized carbons (Fsp3) is 0.571. The number of aromatic nitrogens is 1. The maximum Gasteiger partial charge on any atom is 0.257 e. The summed E-state index contributed by atoms with van der Waals surface area (Å²) in [5.41, 5.74) is 0.594. The SMILES string of the molecule is CCCNc1ncccc1C(=O)N(CCO)C1CC1. The molecule has 1 aliphatic carbocycles. The van der Waals surface area contributed by atoms with E-state index in [1.807, 2.05) is 0 Å². The molecule has 0 aliphatic heterocycles. The smallest absolute Gasteiger partial charge is 0.257 e. The summed E-state index contributed by atoms with van der Waals surface area (Å²) in [5.74, 6) is 0.598. The maximum atomic E-state index is 12.5. The molecule has 0 bridgehead atoms. The standard InChI is InChI=1S/C14H21N3O2/c1-2-7-15-13-12(4-3-8-16-13)14(19)17(9-10-18)11-5-6-11/h3-4,8,11,18H,2,5-7,9-10H2,1H3,(H,15,16). The van der Waals surface area contributed by atoms with Gasteiger partial charge in [-0.25, -0.2) is 4.98 Å². The lowest BCUT2D eigenvalue weighted by Gasteiger charge is -2.22. The Morgan fingerprint density at radius 1 is 1.58 bits per heavy atom. The number of rotatable bonds is 7. The van der Waals surface area contributed by atoms with E-state index in [0.29, 0.717) is 24.0 Å². The van der Waals surface area contributed by atoms with Gasteiger partial charge in [0.15, 0.2) is 0 Å². The molecule has 0 saturated heterocycles. The molecule has 0 unspecified atom stereocenters. The first kappa shape index (κ1) is 13.8. The Morgan fingerprint density at radius 3 is 3.00 bits per heavy atom.